The van der Waals surface area contributed by atoms with Crippen LogP contribution >= 0.6 is 0 Å². The number of rotatable bonds is 6. The lowest BCUT2D eigenvalue weighted by Crippen LogP contribution is -2.01. The predicted octanol–water partition coefficient (Wildman–Crippen LogP) is 7.32. The second kappa shape index (κ2) is 8.30. The molecule has 4 nitrogen and oxygen atoms in total. The molecule has 6 heteroatoms. The van der Waals surface area contributed by atoms with Gasteiger partial charge >= 0.3 is 6.61 Å². The number of hydrogen-bond donors (Lipinski definition) is 0. The van der Waals surface area contributed by atoms with Gasteiger partial charge < -0.3 is 13.9 Å². The summed E-state index contributed by atoms with van der Waals surface area (Å²) in [5.41, 5.74) is 5.34. The van der Waals surface area contributed by atoms with Gasteiger partial charge in [0.25, 0.3) is 0 Å². The number of ether oxygens (including phenoxy) is 2. The van der Waals surface area contributed by atoms with Crippen molar-refractivity contribution in [3.63, 3.8) is 0 Å². The molecule has 0 unspecified atom stereocenters. The summed E-state index contributed by atoms with van der Waals surface area (Å²) in [5, 5.41) is 2.04. The predicted molar refractivity (Wildman–Crippen MR) is 120 cm³/mol. The molecule has 160 valence electrons. The van der Waals surface area contributed by atoms with Crippen LogP contribution in [0.4, 0.5) is 8.78 Å². The van der Waals surface area contributed by atoms with Crippen LogP contribution in [-0.4, -0.2) is 18.2 Å². The normalized spacial score (nSPS) is 11.4. The average molecular weight is 431 g/mol. The largest absolute Gasteiger partial charge is 0.494 e. The van der Waals surface area contributed by atoms with Gasteiger partial charge in [-0.15, -0.1) is 0 Å². The fourth-order valence-electron chi connectivity index (χ4n) is 3.85. The molecule has 0 bridgehead atoms. The van der Waals surface area contributed by atoms with Gasteiger partial charge in [-0.05, 0) is 88.5 Å². The van der Waals surface area contributed by atoms with Crippen molar-refractivity contribution in [2.24, 2.45) is 0 Å². The van der Waals surface area contributed by atoms with Crippen LogP contribution < -0.4 is 9.47 Å². The Morgan fingerprint density at radius 2 is 1.62 bits per heavy atom. The number of benzene rings is 4. The third kappa shape index (κ3) is 3.87. The molecule has 0 amide bonds. The van der Waals surface area contributed by atoms with Gasteiger partial charge in [-0.3, -0.25) is 0 Å². The Balaban J connectivity index is 1.67. The lowest BCUT2D eigenvalue weighted by Gasteiger charge is -2.13. The van der Waals surface area contributed by atoms with Gasteiger partial charge in [-0.1, -0.05) is 24.3 Å². The Labute approximate surface area is 183 Å². The number of aromatic nitrogens is 1. The van der Waals surface area contributed by atoms with E-state index in [9.17, 15) is 8.78 Å². The van der Waals surface area contributed by atoms with Crippen LogP contribution in [0.2, 0.25) is 0 Å². The fourth-order valence-corrected chi connectivity index (χ4v) is 3.85. The molecule has 5 aromatic rings. The number of oxazole rings is 1. The van der Waals surface area contributed by atoms with Gasteiger partial charge in [-0.2, -0.15) is 8.78 Å². The molecule has 0 N–H and O–H groups in total. The zero-order valence-electron chi connectivity index (χ0n) is 17.2. The van der Waals surface area contributed by atoms with E-state index in [-0.39, 0.29) is 5.75 Å². The van der Waals surface area contributed by atoms with E-state index in [2.05, 4.69) is 21.9 Å². The first kappa shape index (κ1) is 20.0. The van der Waals surface area contributed by atoms with Crippen LogP contribution in [0, 0.1) is 0 Å². The highest BCUT2D eigenvalue weighted by Crippen LogP contribution is 2.37. The molecule has 0 atom stereocenters. The lowest BCUT2D eigenvalue weighted by atomic mass is 9.93. The zero-order valence-corrected chi connectivity index (χ0v) is 17.2. The number of halogens is 2. The van der Waals surface area contributed by atoms with Gasteiger partial charge in [0.2, 0.25) is 0 Å². The number of fused-ring (bicyclic) bond motifs is 2. The molecule has 1 heterocycles. The summed E-state index contributed by atoms with van der Waals surface area (Å²) in [6.07, 6.45) is 1.43. The standard InChI is InChI=1S/C26H19F2NO3/c1-2-30-21-9-5-18-11-19(17-6-10-24-25(13-17)31-15-29-24)12-22(23(18)14-21)16-3-7-20(8-4-16)32-26(27)28/h3-15,26H,2H2,1H3. The summed E-state index contributed by atoms with van der Waals surface area (Å²) in [5.74, 6) is 0.893. The van der Waals surface area contributed by atoms with Gasteiger partial charge in [0, 0.05) is 0 Å². The number of alkyl halides is 2. The van der Waals surface area contributed by atoms with Gasteiger partial charge in [0.05, 0.1) is 6.61 Å². The minimum Gasteiger partial charge on any atom is -0.494 e. The molecule has 0 radical (unpaired) electrons. The van der Waals surface area contributed by atoms with E-state index < -0.39 is 6.61 Å². The van der Waals surface area contributed by atoms with Crippen molar-refractivity contribution < 1.29 is 22.7 Å². The van der Waals surface area contributed by atoms with Crippen LogP contribution in [-0.2, 0) is 0 Å². The highest BCUT2D eigenvalue weighted by Gasteiger charge is 2.12. The maximum atomic E-state index is 12.5. The summed E-state index contributed by atoms with van der Waals surface area (Å²) < 4.78 is 40.8. The summed E-state index contributed by atoms with van der Waals surface area (Å²) in [6, 6.07) is 22.7. The second-order valence-corrected chi connectivity index (χ2v) is 7.28. The SMILES string of the molecule is CCOc1ccc2cc(-c3ccc4ncoc4c3)cc(-c3ccc(OC(F)F)cc3)c2c1. The molecule has 0 aliphatic carbocycles. The van der Waals surface area contributed by atoms with E-state index in [1.54, 1.807) is 24.3 Å². The molecule has 4 aromatic carbocycles. The number of nitrogens with zero attached hydrogens (tertiary/aromatic N) is 1. The van der Waals surface area contributed by atoms with E-state index in [0.29, 0.717) is 12.2 Å². The third-order valence-electron chi connectivity index (χ3n) is 5.29. The van der Waals surface area contributed by atoms with Crippen molar-refractivity contribution >= 4 is 21.9 Å². The number of hydrogen-bond acceptors (Lipinski definition) is 4. The minimum atomic E-state index is -2.86. The second-order valence-electron chi connectivity index (χ2n) is 7.28. The summed E-state index contributed by atoms with van der Waals surface area (Å²) in [7, 11) is 0. The molecule has 0 aliphatic heterocycles. The van der Waals surface area contributed by atoms with Gasteiger partial charge in [0.1, 0.15) is 17.0 Å². The van der Waals surface area contributed by atoms with Crippen LogP contribution in [0.25, 0.3) is 44.1 Å². The first-order chi connectivity index (χ1) is 15.6. The molecular formula is C26H19F2NO3. The average Bonchev–Trinajstić information content (AvgIpc) is 3.27. The van der Waals surface area contributed by atoms with E-state index in [1.807, 2.05) is 43.3 Å². The van der Waals surface area contributed by atoms with Crippen molar-refractivity contribution in [1.29, 1.82) is 0 Å². The van der Waals surface area contributed by atoms with Crippen molar-refractivity contribution in [1.82, 2.24) is 4.98 Å². The van der Waals surface area contributed by atoms with E-state index in [0.717, 1.165) is 44.3 Å². The zero-order chi connectivity index (χ0) is 22.1. The monoisotopic (exact) mass is 431 g/mol. The highest BCUT2D eigenvalue weighted by molar-refractivity contribution is 6.01. The smallest absolute Gasteiger partial charge is 0.387 e. The molecule has 1 aromatic heterocycles. The minimum absolute atomic E-state index is 0.120. The van der Waals surface area contributed by atoms with E-state index in [1.165, 1.54) is 6.39 Å². The molecular weight excluding hydrogens is 412 g/mol. The van der Waals surface area contributed by atoms with Crippen molar-refractivity contribution in [3.8, 4) is 33.8 Å². The van der Waals surface area contributed by atoms with Gasteiger partial charge in [0.15, 0.2) is 12.0 Å². The van der Waals surface area contributed by atoms with E-state index in [4.69, 9.17) is 9.15 Å². The summed E-state index contributed by atoms with van der Waals surface area (Å²) in [6.45, 7) is -0.351. The van der Waals surface area contributed by atoms with Crippen LogP contribution in [0.5, 0.6) is 11.5 Å². The third-order valence-corrected chi connectivity index (χ3v) is 5.29. The molecule has 0 saturated carbocycles. The summed E-state index contributed by atoms with van der Waals surface area (Å²) >= 11 is 0. The molecule has 0 saturated heterocycles. The quantitative estimate of drug-likeness (QED) is 0.283. The summed E-state index contributed by atoms with van der Waals surface area (Å²) in [4.78, 5) is 4.18. The van der Waals surface area contributed by atoms with Crippen molar-refractivity contribution in [2.75, 3.05) is 6.61 Å². The topological polar surface area (TPSA) is 44.5 Å². The van der Waals surface area contributed by atoms with Crippen molar-refractivity contribution in [3.05, 3.63) is 79.2 Å². The first-order valence-corrected chi connectivity index (χ1v) is 10.2. The lowest BCUT2D eigenvalue weighted by molar-refractivity contribution is -0.0498. The van der Waals surface area contributed by atoms with Crippen LogP contribution in [0.3, 0.4) is 0 Å². The maximum absolute atomic E-state index is 12.5. The van der Waals surface area contributed by atoms with Gasteiger partial charge in [-0.25, -0.2) is 4.98 Å². The first-order valence-electron chi connectivity index (χ1n) is 10.2. The van der Waals surface area contributed by atoms with Crippen molar-refractivity contribution in [2.45, 2.75) is 13.5 Å². The maximum Gasteiger partial charge on any atom is 0.387 e. The Morgan fingerprint density at radius 3 is 2.41 bits per heavy atom. The van der Waals surface area contributed by atoms with Crippen LogP contribution in [0.1, 0.15) is 6.92 Å². The molecule has 32 heavy (non-hydrogen) atoms. The Kier molecular flexibility index (Phi) is 5.19. The fraction of sp³-hybridized carbons (Fsp3) is 0.115. The Hall–Kier alpha value is -3.93. The van der Waals surface area contributed by atoms with E-state index >= 15 is 0 Å². The Bertz CT molecular complexity index is 1390. The molecule has 0 spiro atoms. The highest BCUT2D eigenvalue weighted by atomic mass is 19.3. The van der Waals surface area contributed by atoms with Crippen LogP contribution in [0.15, 0.2) is 83.6 Å². The molecule has 5 rings (SSSR count). The molecule has 0 fully saturated rings. The Morgan fingerprint density at radius 1 is 0.844 bits per heavy atom. The molecule has 0 aliphatic rings.